The van der Waals surface area contributed by atoms with Crippen molar-refractivity contribution in [2.75, 3.05) is 16.8 Å². The van der Waals surface area contributed by atoms with Crippen LogP contribution in [0.3, 0.4) is 0 Å². The Bertz CT molecular complexity index is 1030. The Morgan fingerprint density at radius 1 is 0.600 bits per heavy atom. The largest absolute Gasteiger partial charge is 0.399 e. The van der Waals surface area contributed by atoms with Crippen molar-refractivity contribution in [1.82, 2.24) is 0 Å². The van der Waals surface area contributed by atoms with E-state index in [1.807, 2.05) is 54.6 Å². The van der Waals surface area contributed by atoms with Gasteiger partial charge in [0.2, 0.25) is 0 Å². The molecule has 3 heteroatoms. The first-order valence-corrected chi connectivity index (χ1v) is 8.21. The number of hydrogen-bond acceptors (Lipinski definition) is 3. The molecule has 0 bridgehead atoms. The number of nitrogen functional groups attached to an aromatic ring is 2. The Morgan fingerprint density at radius 2 is 1.32 bits per heavy atom. The number of nitrogens with two attached hydrogens (primary N) is 2. The fourth-order valence-corrected chi connectivity index (χ4v) is 3.06. The van der Waals surface area contributed by atoms with Crippen molar-refractivity contribution in [2.45, 2.75) is 0 Å². The number of fused-ring (bicyclic) bond motifs is 1. The average molecular weight is 325 g/mol. The van der Waals surface area contributed by atoms with Gasteiger partial charge in [-0.1, -0.05) is 54.6 Å². The van der Waals surface area contributed by atoms with Gasteiger partial charge in [0.05, 0.1) is 0 Å². The highest BCUT2D eigenvalue weighted by atomic mass is 14.9. The maximum Gasteiger partial charge on any atom is 0.0484 e. The molecule has 0 amide bonds. The molecule has 0 aromatic heterocycles. The standard InChI is InChI=1S/C22H19N3/c23-17-10-8-16(9-11-17)20-13-12-18(24)14-22(20)25-21-7-3-5-15-4-1-2-6-19(15)21/h1-14,25H,23-24H2. The normalized spacial score (nSPS) is 10.7. The highest BCUT2D eigenvalue weighted by molar-refractivity contribution is 5.97. The molecule has 0 atom stereocenters. The maximum atomic E-state index is 6.04. The van der Waals surface area contributed by atoms with E-state index in [1.165, 1.54) is 10.8 Å². The summed E-state index contributed by atoms with van der Waals surface area (Å²) < 4.78 is 0. The summed E-state index contributed by atoms with van der Waals surface area (Å²) in [6.45, 7) is 0. The third-order valence-corrected chi connectivity index (χ3v) is 4.32. The van der Waals surface area contributed by atoms with Gasteiger partial charge in [-0.15, -0.1) is 0 Å². The van der Waals surface area contributed by atoms with Crippen LogP contribution in [0.2, 0.25) is 0 Å². The molecule has 0 saturated carbocycles. The predicted molar refractivity (Wildman–Crippen MR) is 108 cm³/mol. The van der Waals surface area contributed by atoms with Crippen LogP contribution in [-0.2, 0) is 0 Å². The van der Waals surface area contributed by atoms with Gasteiger partial charge < -0.3 is 16.8 Å². The molecule has 0 unspecified atom stereocenters. The molecule has 5 N–H and O–H groups in total. The number of hydrogen-bond donors (Lipinski definition) is 3. The Hall–Kier alpha value is -3.46. The van der Waals surface area contributed by atoms with Crippen molar-refractivity contribution >= 4 is 33.5 Å². The summed E-state index contributed by atoms with van der Waals surface area (Å²) in [5.74, 6) is 0. The molecule has 0 aliphatic carbocycles. The van der Waals surface area contributed by atoms with E-state index in [4.69, 9.17) is 11.5 Å². The lowest BCUT2D eigenvalue weighted by Crippen LogP contribution is -1.96. The van der Waals surface area contributed by atoms with Gasteiger partial charge in [-0.05, 0) is 41.3 Å². The number of anilines is 4. The Kier molecular flexibility index (Phi) is 3.75. The number of benzene rings is 4. The van der Waals surface area contributed by atoms with E-state index >= 15 is 0 Å². The van der Waals surface area contributed by atoms with E-state index in [0.29, 0.717) is 0 Å². The van der Waals surface area contributed by atoms with Crippen molar-refractivity contribution in [1.29, 1.82) is 0 Å². The molecule has 25 heavy (non-hydrogen) atoms. The van der Waals surface area contributed by atoms with Crippen LogP contribution >= 0.6 is 0 Å². The molecule has 0 aliphatic rings. The lowest BCUT2D eigenvalue weighted by atomic mass is 10.0. The van der Waals surface area contributed by atoms with Gasteiger partial charge in [0.15, 0.2) is 0 Å². The van der Waals surface area contributed by atoms with Crippen LogP contribution in [0.5, 0.6) is 0 Å². The smallest absolute Gasteiger partial charge is 0.0484 e. The number of nitrogens with one attached hydrogen (secondary N) is 1. The van der Waals surface area contributed by atoms with Crippen LogP contribution in [0.25, 0.3) is 21.9 Å². The zero-order valence-electron chi connectivity index (χ0n) is 13.7. The Morgan fingerprint density at radius 3 is 2.16 bits per heavy atom. The fraction of sp³-hybridized carbons (Fsp3) is 0. The van der Waals surface area contributed by atoms with Crippen LogP contribution in [0, 0.1) is 0 Å². The maximum absolute atomic E-state index is 6.04. The minimum Gasteiger partial charge on any atom is -0.399 e. The minimum absolute atomic E-state index is 0.724. The van der Waals surface area contributed by atoms with Crippen LogP contribution in [0.1, 0.15) is 0 Å². The van der Waals surface area contributed by atoms with Gasteiger partial charge in [-0.2, -0.15) is 0 Å². The topological polar surface area (TPSA) is 64.1 Å². The molecular weight excluding hydrogens is 306 g/mol. The second-order valence-corrected chi connectivity index (χ2v) is 6.08. The van der Waals surface area contributed by atoms with Crippen LogP contribution in [-0.4, -0.2) is 0 Å². The van der Waals surface area contributed by atoms with Gasteiger partial charge in [0.25, 0.3) is 0 Å². The highest BCUT2D eigenvalue weighted by Crippen LogP contribution is 2.34. The average Bonchev–Trinajstić information content (AvgIpc) is 2.63. The Labute approximate surface area is 146 Å². The van der Waals surface area contributed by atoms with Gasteiger partial charge in [0, 0.05) is 33.7 Å². The van der Waals surface area contributed by atoms with Crippen molar-refractivity contribution in [3.8, 4) is 11.1 Å². The molecule has 0 heterocycles. The summed E-state index contributed by atoms with van der Waals surface area (Å²) in [4.78, 5) is 0. The molecule has 4 aromatic rings. The lowest BCUT2D eigenvalue weighted by molar-refractivity contribution is 1.55. The minimum atomic E-state index is 0.724. The third kappa shape index (κ3) is 3.00. The first-order chi connectivity index (χ1) is 12.2. The number of rotatable bonds is 3. The van der Waals surface area contributed by atoms with Crippen molar-refractivity contribution < 1.29 is 0 Å². The van der Waals surface area contributed by atoms with Crippen molar-refractivity contribution in [2.24, 2.45) is 0 Å². The van der Waals surface area contributed by atoms with E-state index in [-0.39, 0.29) is 0 Å². The zero-order chi connectivity index (χ0) is 17.2. The van der Waals surface area contributed by atoms with E-state index < -0.39 is 0 Å². The van der Waals surface area contributed by atoms with Crippen LogP contribution in [0.15, 0.2) is 84.9 Å². The molecule has 4 rings (SSSR count). The SMILES string of the molecule is Nc1ccc(-c2ccc(N)cc2Nc2cccc3ccccc23)cc1. The summed E-state index contributed by atoms with van der Waals surface area (Å²) in [6, 6.07) is 28.4. The van der Waals surface area contributed by atoms with E-state index in [9.17, 15) is 0 Å². The van der Waals surface area contributed by atoms with Crippen molar-refractivity contribution in [3.63, 3.8) is 0 Å². The molecule has 4 aromatic carbocycles. The Balaban J connectivity index is 1.82. The second kappa shape index (κ2) is 6.21. The molecule has 122 valence electrons. The molecule has 0 aliphatic heterocycles. The van der Waals surface area contributed by atoms with E-state index in [1.54, 1.807) is 0 Å². The zero-order valence-corrected chi connectivity index (χ0v) is 13.7. The first-order valence-electron chi connectivity index (χ1n) is 8.21. The molecule has 0 radical (unpaired) electrons. The van der Waals surface area contributed by atoms with Crippen LogP contribution < -0.4 is 16.8 Å². The second-order valence-electron chi connectivity index (χ2n) is 6.08. The highest BCUT2D eigenvalue weighted by Gasteiger charge is 2.08. The summed E-state index contributed by atoms with van der Waals surface area (Å²) in [6.07, 6.45) is 0. The molecule has 0 saturated heterocycles. The molecule has 0 spiro atoms. The predicted octanol–water partition coefficient (Wildman–Crippen LogP) is 5.41. The van der Waals surface area contributed by atoms with Gasteiger partial charge in [0.1, 0.15) is 0 Å². The van der Waals surface area contributed by atoms with Crippen molar-refractivity contribution in [3.05, 3.63) is 84.9 Å². The van der Waals surface area contributed by atoms with E-state index in [0.717, 1.165) is 33.9 Å². The third-order valence-electron chi connectivity index (χ3n) is 4.32. The monoisotopic (exact) mass is 325 g/mol. The first kappa shape index (κ1) is 15.1. The van der Waals surface area contributed by atoms with E-state index in [2.05, 4.69) is 35.6 Å². The molecule has 3 nitrogen and oxygen atoms in total. The lowest BCUT2D eigenvalue weighted by Gasteiger charge is -2.15. The fourth-order valence-electron chi connectivity index (χ4n) is 3.06. The van der Waals surface area contributed by atoms with Gasteiger partial charge >= 0.3 is 0 Å². The quantitative estimate of drug-likeness (QED) is 0.441. The summed E-state index contributed by atoms with van der Waals surface area (Å²) >= 11 is 0. The van der Waals surface area contributed by atoms with Gasteiger partial charge in [-0.3, -0.25) is 0 Å². The van der Waals surface area contributed by atoms with Gasteiger partial charge in [-0.25, -0.2) is 0 Å². The summed E-state index contributed by atoms with van der Waals surface area (Å²) in [5, 5.41) is 5.93. The summed E-state index contributed by atoms with van der Waals surface area (Å²) in [5.41, 5.74) is 17.5. The molecule has 0 fully saturated rings. The summed E-state index contributed by atoms with van der Waals surface area (Å²) in [7, 11) is 0. The molecular formula is C22H19N3. The van der Waals surface area contributed by atoms with Crippen LogP contribution in [0.4, 0.5) is 22.7 Å².